The van der Waals surface area contributed by atoms with E-state index in [2.05, 4.69) is 26.5 Å². The van der Waals surface area contributed by atoms with Gasteiger partial charge in [-0.25, -0.2) is 0 Å². The summed E-state index contributed by atoms with van der Waals surface area (Å²) in [6, 6.07) is 8.76. The summed E-state index contributed by atoms with van der Waals surface area (Å²) < 4.78 is 30.7. The number of rotatable bonds is 2. The number of amides is 1. The van der Waals surface area contributed by atoms with Gasteiger partial charge >= 0.3 is 5.51 Å². The lowest BCUT2D eigenvalue weighted by molar-refractivity contribution is -0.0303. The molecule has 0 fully saturated rings. The van der Waals surface area contributed by atoms with Crippen molar-refractivity contribution >= 4 is 18.5 Å². The van der Waals surface area contributed by atoms with Crippen LogP contribution in [0.2, 0.25) is 0 Å². The fourth-order valence-electron chi connectivity index (χ4n) is 0.602. The number of alkyl halides is 3. The first kappa shape index (κ1) is 19.2. The van der Waals surface area contributed by atoms with Crippen molar-refractivity contribution in [3.63, 3.8) is 0 Å². The molecule has 0 atom stereocenters. The van der Waals surface area contributed by atoms with Crippen LogP contribution in [0.25, 0.3) is 0 Å². The minimum atomic E-state index is -4.31. The average Bonchev–Trinajstić information content (AvgIpc) is 2.28. The number of benzene rings is 1. The van der Waals surface area contributed by atoms with E-state index in [0.717, 1.165) is 0 Å². The van der Waals surface area contributed by atoms with Gasteiger partial charge in [-0.05, 0) is 12.1 Å². The monoisotopic (exact) mass is 281 g/mol. The van der Waals surface area contributed by atoms with E-state index in [9.17, 15) is 18.0 Å². The zero-order chi connectivity index (χ0) is 14.6. The SMILES string of the molecule is CCCC.FC(F)(F)S.NC(=O)c1ccccc1. The smallest absolute Gasteiger partial charge is 0.366 e. The number of nitrogens with two attached hydrogens (primary N) is 1. The van der Waals surface area contributed by atoms with Crippen LogP contribution in [0.3, 0.4) is 0 Å². The van der Waals surface area contributed by atoms with Gasteiger partial charge in [0.05, 0.1) is 0 Å². The molecule has 0 spiro atoms. The Labute approximate surface area is 111 Å². The van der Waals surface area contributed by atoms with Gasteiger partial charge in [0.15, 0.2) is 0 Å². The number of hydrogen-bond donors (Lipinski definition) is 2. The molecule has 2 N–H and O–H groups in total. The highest BCUT2D eigenvalue weighted by molar-refractivity contribution is 7.81. The van der Waals surface area contributed by atoms with E-state index in [1.807, 2.05) is 6.07 Å². The molecule has 0 aliphatic rings. The third kappa shape index (κ3) is 20.3. The molecule has 0 radical (unpaired) electrons. The van der Waals surface area contributed by atoms with Gasteiger partial charge in [0.2, 0.25) is 5.91 Å². The zero-order valence-corrected chi connectivity index (χ0v) is 11.3. The maximum atomic E-state index is 10.4. The van der Waals surface area contributed by atoms with Crippen molar-refractivity contribution in [1.29, 1.82) is 0 Å². The van der Waals surface area contributed by atoms with Crippen LogP contribution in [0, 0.1) is 0 Å². The summed E-state index contributed by atoms with van der Waals surface area (Å²) in [7, 11) is 0. The third-order valence-corrected chi connectivity index (χ3v) is 1.56. The van der Waals surface area contributed by atoms with E-state index in [-0.39, 0.29) is 5.91 Å². The van der Waals surface area contributed by atoms with Gasteiger partial charge in [-0.1, -0.05) is 57.5 Å². The second-order valence-electron chi connectivity index (χ2n) is 3.20. The van der Waals surface area contributed by atoms with E-state index in [1.165, 1.54) is 12.8 Å². The Kier molecular flexibility index (Phi) is 11.7. The molecule has 0 aliphatic heterocycles. The molecule has 6 heteroatoms. The number of thiol groups is 1. The van der Waals surface area contributed by atoms with Crippen molar-refractivity contribution in [2.24, 2.45) is 5.73 Å². The Bertz CT molecular complexity index is 307. The molecule has 104 valence electrons. The normalized spacial score (nSPS) is 9.44. The molecule has 0 bridgehead atoms. The molecule has 1 rings (SSSR count). The largest absolute Gasteiger partial charge is 0.438 e. The molecule has 2 nitrogen and oxygen atoms in total. The zero-order valence-electron chi connectivity index (χ0n) is 10.4. The molecule has 0 heterocycles. The van der Waals surface area contributed by atoms with Crippen LogP contribution >= 0.6 is 12.6 Å². The molecule has 0 aromatic heterocycles. The number of unbranched alkanes of at least 4 members (excludes halogenated alkanes) is 1. The first-order valence-corrected chi connectivity index (χ1v) is 5.81. The molecule has 1 aromatic carbocycles. The summed E-state index contributed by atoms with van der Waals surface area (Å²) in [5, 5.41) is 0. The molecular weight excluding hydrogens is 263 g/mol. The Morgan fingerprint density at radius 2 is 1.50 bits per heavy atom. The standard InChI is InChI=1S/C7H7NO.C4H10.CHF3S/c8-7(9)6-4-2-1-3-5-6;1-3-4-2;2-1(3,4)5/h1-5H,(H2,8,9);3-4H2,1-2H3;5H. The lowest BCUT2D eigenvalue weighted by Crippen LogP contribution is -2.09. The maximum Gasteiger partial charge on any atom is 0.438 e. The number of carbonyl (C=O) groups is 1. The molecule has 1 amide bonds. The first-order valence-electron chi connectivity index (χ1n) is 5.36. The van der Waals surface area contributed by atoms with Crippen LogP contribution in [0.5, 0.6) is 0 Å². The molecule has 0 saturated heterocycles. The van der Waals surface area contributed by atoms with Gasteiger partial charge in [0.25, 0.3) is 0 Å². The van der Waals surface area contributed by atoms with Crippen molar-refractivity contribution in [3.05, 3.63) is 35.9 Å². The highest BCUT2D eigenvalue weighted by Gasteiger charge is 2.17. The Balaban J connectivity index is 0. The van der Waals surface area contributed by atoms with Crippen molar-refractivity contribution in [3.8, 4) is 0 Å². The van der Waals surface area contributed by atoms with Crippen LogP contribution in [0.4, 0.5) is 13.2 Å². The first-order chi connectivity index (χ1) is 8.22. The van der Waals surface area contributed by atoms with Crippen molar-refractivity contribution in [2.45, 2.75) is 32.2 Å². The number of halogens is 3. The summed E-state index contributed by atoms with van der Waals surface area (Å²) in [6.07, 6.45) is 2.64. The van der Waals surface area contributed by atoms with Crippen LogP contribution in [0.15, 0.2) is 30.3 Å². The van der Waals surface area contributed by atoms with E-state index < -0.39 is 5.51 Å². The quantitative estimate of drug-likeness (QED) is 0.790. The van der Waals surface area contributed by atoms with Crippen LogP contribution in [0.1, 0.15) is 37.0 Å². The van der Waals surface area contributed by atoms with Gasteiger partial charge < -0.3 is 5.73 Å². The predicted molar refractivity (Wildman–Crippen MR) is 70.6 cm³/mol. The summed E-state index contributed by atoms with van der Waals surface area (Å²) >= 11 is 2.12. The third-order valence-electron chi connectivity index (χ3n) is 1.56. The molecule has 18 heavy (non-hydrogen) atoms. The van der Waals surface area contributed by atoms with E-state index in [0.29, 0.717) is 5.56 Å². The van der Waals surface area contributed by atoms with Crippen LogP contribution in [-0.4, -0.2) is 11.4 Å². The van der Waals surface area contributed by atoms with Crippen molar-refractivity contribution in [2.75, 3.05) is 0 Å². The van der Waals surface area contributed by atoms with Crippen LogP contribution in [-0.2, 0) is 0 Å². The minimum Gasteiger partial charge on any atom is -0.366 e. The molecule has 0 saturated carbocycles. The predicted octanol–water partition coefficient (Wildman–Crippen LogP) is 4.03. The summed E-state index contributed by atoms with van der Waals surface area (Å²) in [6.45, 7) is 4.36. The van der Waals surface area contributed by atoms with E-state index >= 15 is 0 Å². The molecule has 0 unspecified atom stereocenters. The highest BCUT2D eigenvalue weighted by atomic mass is 32.1. The lowest BCUT2D eigenvalue weighted by Gasteiger charge is -1.89. The highest BCUT2D eigenvalue weighted by Crippen LogP contribution is 2.17. The van der Waals surface area contributed by atoms with Crippen LogP contribution < -0.4 is 5.73 Å². The second kappa shape index (κ2) is 11.0. The van der Waals surface area contributed by atoms with Crippen molar-refractivity contribution in [1.82, 2.24) is 0 Å². The summed E-state index contributed by atoms with van der Waals surface area (Å²) in [5.41, 5.74) is 1.22. The fourth-order valence-corrected chi connectivity index (χ4v) is 0.602. The Morgan fingerprint density at radius 1 is 1.17 bits per heavy atom. The maximum absolute atomic E-state index is 10.4. The Hall–Kier alpha value is -1.17. The van der Waals surface area contributed by atoms with Gasteiger partial charge in [0.1, 0.15) is 0 Å². The van der Waals surface area contributed by atoms with E-state index in [1.54, 1.807) is 24.3 Å². The van der Waals surface area contributed by atoms with Gasteiger partial charge in [-0.3, -0.25) is 4.79 Å². The summed E-state index contributed by atoms with van der Waals surface area (Å²) in [5.74, 6) is -0.379. The second-order valence-corrected chi connectivity index (χ2v) is 3.71. The Morgan fingerprint density at radius 3 is 1.67 bits per heavy atom. The van der Waals surface area contributed by atoms with E-state index in [4.69, 9.17) is 5.73 Å². The number of primary amides is 1. The molecule has 1 aromatic rings. The van der Waals surface area contributed by atoms with Crippen molar-refractivity contribution < 1.29 is 18.0 Å². The molecule has 0 aliphatic carbocycles. The summed E-state index contributed by atoms with van der Waals surface area (Å²) in [4.78, 5) is 10.4. The van der Waals surface area contributed by atoms with Gasteiger partial charge in [-0.15, -0.1) is 0 Å². The molecular formula is C12H18F3NOS. The number of carbonyl (C=O) groups excluding carboxylic acids is 1. The lowest BCUT2D eigenvalue weighted by atomic mass is 10.2. The fraction of sp³-hybridized carbons (Fsp3) is 0.417. The van der Waals surface area contributed by atoms with Gasteiger partial charge in [0, 0.05) is 5.56 Å². The van der Waals surface area contributed by atoms with Gasteiger partial charge in [-0.2, -0.15) is 13.2 Å². The average molecular weight is 281 g/mol. The number of hydrogen-bond acceptors (Lipinski definition) is 2. The topological polar surface area (TPSA) is 43.1 Å². The minimum absolute atomic E-state index is 0.379.